The summed E-state index contributed by atoms with van der Waals surface area (Å²) in [5, 5.41) is 8.01. The first-order valence-corrected chi connectivity index (χ1v) is 9.63. The van der Waals surface area contributed by atoms with Crippen LogP contribution in [0.5, 0.6) is 0 Å². The van der Waals surface area contributed by atoms with Crippen molar-refractivity contribution >= 4 is 48.9 Å². The largest absolute Gasteiger partial charge is 0.308 e. The summed E-state index contributed by atoms with van der Waals surface area (Å²) in [5.74, 6) is 0. The Morgan fingerprint density at radius 3 is 1.96 bits per heavy atom. The van der Waals surface area contributed by atoms with E-state index in [0.717, 1.165) is 0 Å². The van der Waals surface area contributed by atoms with Crippen molar-refractivity contribution in [1.29, 1.82) is 0 Å². The number of aromatic nitrogens is 1. The quantitative estimate of drug-likeness (QED) is 0.272. The molecule has 0 aliphatic carbocycles. The van der Waals surface area contributed by atoms with E-state index in [1.54, 1.807) is 0 Å². The summed E-state index contributed by atoms with van der Waals surface area (Å²) >= 11 is 0. The summed E-state index contributed by atoms with van der Waals surface area (Å²) < 4.78 is 2.47. The van der Waals surface area contributed by atoms with Crippen molar-refractivity contribution in [2.24, 2.45) is 0 Å². The lowest BCUT2D eigenvalue weighted by Crippen LogP contribution is -2.10. The van der Waals surface area contributed by atoms with E-state index in [2.05, 4.69) is 98.0 Å². The summed E-state index contributed by atoms with van der Waals surface area (Å²) in [5.41, 5.74) is 5.50. The van der Waals surface area contributed by atoms with Crippen molar-refractivity contribution in [2.45, 2.75) is 26.2 Å². The Bertz CT molecular complexity index is 1490. The van der Waals surface area contributed by atoms with Gasteiger partial charge in [0, 0.05) is 21.5 Å². The number of benzene rings is 4. The molecule has 4 aromatic carbocycles. The molecule has 6 rings (SSSR count). The minimum absolute atomic E-state index is 0.151. The van der Waals surface area contributed by atoms with Gasteiger partial charge in [0.25, 0.3) is 0 Å². The molecule has 2 heterocycles. The molecule has 0 radical (unpaired) electrons. The fraction of sp³-hybridized carbons (Fsp3) is 0.154. The predicted molar refractivity (Wildman–Crippen MR) is 117 cm³/mol. The van der Waals surface area contributed by atoms with Crippen molar-refractivity contribution < 1.29 is 0 Å². The van der Waals surface area contributed by atoms with E-state index in [0.29, 0.717) is 0 Å². The zero-order valence-electron chi connectivity index (χ0n) is 15.9. The predicted octanol–water partition coefficient (Wildman–Crippen LogP) is 7.29. The third kappa shape index (κ3) is 1.89. The smallest absolute Gasteiger partial charge is 0.0620 e. The molecule has 1 heteroatoms. The van der Waals surface area contributed by atoms with Gasteiger partial charge in [0.05, 0.1) is 16.6 Å². The van der Waals surface area contributed by atoms with Crippen molar-refractivity contribution in [3.8, 4) is 0 Å². The molecule has 1 nitrogen and oxygen atoms in total. The van der Waals surface area contributed by atoms with Gasteiger partial charge in [-0.15, -0.1) is 0 Å². The first-order valence-electron chi connectivity index (χ1n) is 9.63. The van der Waals surface area contributed by atoms with E-state index in [4.69, 9.17) is 0 Å². The number of rotatable bonds is 0. The van der Waals surface area contributed by atoms with Crippen LogP contribution in [0.4, 0.5) is 0 Å². The van der Waals surface area contributed by atoms with Crippen LogP contribution < -0.4 is 0 Å². The van der Waals surface area contributed by atoms with Crippen LogP contribution in [0.1, 0.15) is 26.3 Å². The lowest BCUT2D eigenvalue weighted by Gasteiger charge is -2.19. The third-order valence-electron chi connectivity index (χ3n) is 6.05. The highest BCUT2D eigenvalue weighted by Crippen LogP contribution is 2.41. The fourth-order valence-corrected chi connectivity index (χ4v) is 4.63. The first kappa shape index (κ1) is 15.0. The Labute approximate surface area is 158 Å². The summed E-state index contributed by atoms with van der Waals surface area (Å²) in [6, 6.07) is 27.1. The van der Waals surface area contributed by atoms with E-state index >= 15 is 0 Å². The number of nitrogens with zero attached hydrogens (tertiary/aromatic N) is 1. The normalized spacial score (nSPS) is 13.0. The second-order valence-corrected chi connectivity index (χ2v) is 8.74. The average molecular weight is 347 g/mol. The zero-order chi connectivity index (χ0) is 18.3. The molecule has 27 heavy (non-hydrogen) atoms. The summed E-state index contributed by atoms with van der Waals surface area (Å²) in [7, 11) is 0. The van der Waals surface area contributed by atoms with E-state index in [1.807, 2.05) is 0 Å². The SMILES string of the molecule is CC(C)(C)c1ccc2c(c1)c1cccc3c4cc5ccccc5cc4n2c13. The van der Waals surface area contributed by atoms with Gasteiger partial charge in [-0.05, 0) is 46.0 Å². The van der Waals surface area contributed by atoms with Crippen LogP contribution in [-0.2, 0) is 5.41 Å². The summed E-state index contributed by atoms with van der Waals surface area (Å²) in [6.07, 6.45) is 0. The standard InChI is InChI=1S/C26H21N/c1-26(2,3)18-11-12-23-22(15-18)20-10-6-9-19-21-13-16-7-4-5-8-17(16)14-24(21)27(23)25(19)20/h4-15H,1-3H3. The Morgan fingerprint density at radius 1 is 0.593 bits per heavy atom. The molecule has 130 valence electrons. The highest BCUT2D eigenvalue weighted by atomic mass is 14.9. The molecule has 0 atom stereocenters. The number of fused-ring (bicyclic) bond motifs is 7. The van der Waals surface area contributed by atoms with E-state index in [1.165, 1.54) is 54.4 Å². The van der Waals surface area contributed by atoms with Crippen LogP contribution in [0.2, 0.25) is 0 Å². The van der Waals surface area contributed by atoms with Crippen molar-refractivity contribution in [3.05, 3.63) is 78.4 Å². The molecule has 0 amide bonds. The van der Waals surface area contributed by atoms with E-state index in [-0.39, 0.29) is 5.41 Å². The molecule has 0 spiro atoms. The maximum absolute atomic E-state index is 2.47. The molecule has 0 N–H and O–H groups in total. The van der Waals surface area contributed by atoms with Gasteiger partial charge in [0.15, 0.2) is 0 Å². The second-order valence-electron chi connectivity index (χ2n) is 8.74. The second kappa shape index (κ2) is 4.80. The van der Waals surface area contributed by atoms with Gasteiger partial charge in [-0.2, -0.15) is 0 Å². The molecular weight excluding hydrogens is 326 g/mol. The molecule has 6 aromatic rings. The van der Waals surface area contributed by atoms with Gasteiger partial charge >= 0.3 is 0 Å². The summed E-state index contributed by atoms with van der Waals surface area (Å²) in [4.78, 5) is 0. The lowest BCUT2D eigenvalue weighted by molar-refractivity contribution is 0.591. The number of para-hydroxylation sites is 1. The Morgan fingerprint density at radius 2 is 1.26 bits per heavy atom. The van der Waals surface area contributed by atoms with Crippen LogP contribution >= 0.6 is 0 Å². The van der Waals surface area contributed by atoms with Crippen LogP contribution in [0.25, 0.3) is 48.9 Å². The molecular formula is C26H21N. The Hall–Kier alpha value is -3.06. The molecule has 2 aromatic heterocycles. The minimum atomic E-state index is 0.151. The van der Waals surface area contributed by atoms with Gasteiger partial charge in [-0.25, -0.2) is 0 Å². The Kier molecular flexibility index (Phi) is 2.68. The highest BCUT2D eigenvalue weighted by Gasteiger charge is 2.20. The van der Waals surface area contributed by atoms with E-state index in [9.17, 15) is 0 Å². The van der Waals surface area contributed by atoms with Gasteiger partial charge in [0.1, 0.15) is 0 Å². The lowest BCUT2D eigenvalue weighted by atomic mass is 9.86. The molecule has 0 unspecified atom stereocenters. The molecule has 0 aliphatic heterocycles. The van der Waals surface area contributed by atoms with Crippen LogP contribution in [0.3, 0.4) is 0 Å². The monoisotopic (exact) mass is 347 g/mol. The van der Waals surface area contributed by atoms with E-state index < -0.39 is 0 Å². The van der Waals surface area contributed by atoms with Crippen LogP contribution in [0.15, 0.2) is 72.8 Å². The minimum Gasteiger partial charge on any atom is -0.308 e. The third-order valence-corrected chi connectivity index (χ3v) is 6.05. The molecule has 0 saturated heterocycles. The molecule has 0 saturated carbocycles. The van der Waals surface area contributed by atoms with Crippen LogP contribution in [-0.4, -0.2) is 4.40 Å². The summed E-state index contributed by atoms with van der Waals surface area (Å²) in [6.45, 7) is 6.85. The molecule has 0 bridgehead atoms. The van der Waals surface area contributed by atoms with Crippen molar-refractivity contribution in [1.82, 2.24) is 4.40 Å². The van der Waals surface area contributed by atoms with Gasteiger partial charge in [-0.3, -0.25) is 0 Å². The number of hydrogen-bond acceptors (Lipinski definition) is 0. The Balaban J connectivity index is 1.88. The highest BCUT2D eigenvalue weighted by molar-refractivity contribution is 6.24. The van der Waals surface area contributed by atoms with Gasteiger partial charge in [0.2, 0.25) is 0 Å². The van der Waals surface area contributed by atoms with Crippen molar-refractivity contribution in [3.63, 3.8) is 0 Å². The first-order chi connectivity index (χ1) is 13.0. The van der Waals surface area contributed by atoms with Crippen molar-refractivity contribution in [2.75, 3.05) is 0 Å². The average Bonchev–Trinajstić information content (AvgIpc) is 3.16. The van der Waals surface area contributed by atoms with Gasteiger partial charge in [-0.1, -0.05) is 69.3 Å². The number of hydrogen-bond donors (Lipinski definition) is 0. The maximum atomic E-state index is 2.47. The van der Waals surface area contributed by atoms with Crippen LogP contribution in [0, 0.1) is 0 Å². The fourth-order valence-electron chi connectivity index (χ4n) is 4.63. The molecule has 0 fully saturated rings. The zero-order valence-corrected chi connectivity index (χ0v) is 15.9. The maximum Gasteiger partial charge on any atom is 0.0620 e. The van der Waals surface area contributed by atoms with Gasteiger partial charge < -0.3 is 4.40 Å². The topological polar surface area (TPSA) is 4.41 Å². The molecule has 0 aliphatic rings.